The summed E-state index contributed by atoms with van der Waals surface area (Å²) in [6, 6.07) is 9.16. The number of thioether (sulfide) groups is 1. The molecule has 9 nitrogen and oxygen atoms in total. The molecule has 0 saturated carbocycles. The van der Waals surface area contributed by atoms with Crippen molar-refractivity contribution in [3.63, 3.8) is 0 Å². The lowest BCUT2D eigenvalue weighted by Crippen LogP contribution is -2.63. The van der Waals surface area contributed by atoms with Crippen LogP contribution in [0.1, 0.15) is 46.3 Å². The molecular formula is C24H21N3O6S3. The second-order valence-electron chi connectivity index (χ2n) is 8.72. The third-order valence-corrected chi connectivity index (χ3v) is 9.38. The number of nitrogens with zero attached hydrogens (tertiary/aromatic N) is 2. The lowest BCUT2D eigenvalue weighted by atomic mass is 9.88. The maximum Gasteiger partial charge on any atom is 0.353 e. The highest BCUT2D eigenvalue weighted by molar-refractivity contribution is 8.03. The number of aliphatic carboxylic acids is 2. The highest BCUT2D eigenvalue weighted by atomic mass is 32.2. The van der Waals surface area contributed by atoms with Crippen LogP contribution < -0.4 is 5.32 Å². The number of amides is 2. The van der Waals surface area contributed by atoms with Gasteiger partial charge in [0.2, 0.25) is 5.91 Å². The van der Waals surface area contributed by atoms with Crippen LogP contribution in [-0.4, -0.2) is 59.5 Å². The molecule has 2 aromatic rings. The lowest BCUT2D eigenvalue weighted by molar-refractivity contribution is -0.139. The molecule has 2 unspecified atom stereocenters. The maximum absolute atomic E-state index is 13.0. The molecular weight excluding hydrogens is 522 g/mol. The van der Waals surface area contributed by atoms with Crippen molar-refractivity contribution >= 4 is 69.5 Å². The third kappa shape index (κ3) is 4.44. The number of carboxylic acid groups (broad SMARTS) is 2. The van der Waals surface area contributed by atoms with Gasteiger partial charge >= 0.3 is 11.9 Å². The number of carbonyl (C=O) groups is 4. The van der Waals surface area contributed by atoms with Gasteiger partial charge in [-0.3, -0.25) is 19.3 Å². The number of thiazole rings is 1. The fourth-order valence-corrected chi connectivity index (χ4v) is 7.80. The number of nitrogens with one attached hydrogen (secondary N) is 1. The molecule has 186 valence electrons. The third-order valence-electron chi connectivity index (χ3n) is 6.34. The van der Waals surface area contributed by atoms with Crippen molar-refractivity contribution in [1.82, 2.24) is 15.2 Å². The Bertz CT molecular complexity index is 1320. The molecule has 2 amide bonds. The molecule has 1 saturated heterocycles. The molecule has 1 aromatic heterocycles. The molecule has 0 bridgehead atoms. The minimum atomic E-state index is -1.32. The zero-order valence-electron chi connectivity index (χ0n) is 18.8. The van der Waals surface area contributed by atoms with Gasteiger partial charge in [-0.05, 0) is 24.8 Å². The SMILES string of the molecule is O=C(O)CC1CCCc2sc(C3=C(C(=O)O)N4C(=O)C(=S)[C@@H]4SC3NC(=O)Cc3ccccc3)nc21. The quantitative estimate of drug-likeness (QED) is 0.356. The molecule has 12 heteroatoms. The van der Waals surface area contributed by atoms with Crippen molar-refractivity contribution in [1.29, 1.82) is 0 Å². The number of hydrogen-bond donors (Lipinski definition) is 3. The van der Waals surface area contributed by atoms with Crippen molar-refractivity contribution in [2.45, 2.75) is 48.8 Å². The van der Waals surface area contributed by atoms with Crippen LogP contribution in [0.5, 0.6) is 0 Å². The van der Waals surface area contributed by atoms with E-state index in [4.69, 9.17) is 17.2 Å². The van der Waals surface area contributed by atoms with Gasteiger partial charge < -0.3 is 15.5 Å². The average Bonchev–Trinajstić information content (AvgIpc) is 3.28. The minimum absolute atomic E-state index is 0.0616. The Morgan fingerprint density at radius 2 is 1.94 bits per heavy atom. The maximum atomic E-state index is 13.0. The largest absolute Gasteiger partial charge is 0.481 e. The van der Waals surface area contributed by atoms with E-state index in [2.05, 4.69) is 5.32 Å². The number of hydrogen-bond acceptors (Lipinski definition) is 8. The van der Waals surface area contributed by atoms with E-state index < -0.39 is 28.6 Å². The number of carbonyl (C=O) groups excluding carboxylic acids is 2. The summed E-state index contributed by atoms with van der Waals surface area (Å²) in [4.78, 5) is 56.2. The van der Waals surface area contributed by atoms with Gasteiger partial charge in [-0.2, -0.15) is 0 Å². The second-order valence-corrected chi connectivity index (χ2v) is 11.4. The molecule has 3 heterocycles. The monoisotopic (exact) mass is 543 g/mol. The first-order chi connectivity index (χ1) is 17.2. The van der Waals surface area contributed by atoms with Crippen LogP contribution in [0.25, 0.3) is 5.57 Å². The van der Waals surface area contributed by atoms with Gasteiger partial charge in [0.05, 0.1) is 24.1 Å². The Labute approximate surface area is 219 Å². The first-order valence-corrected chi connectivity index (χ1v) is 13.5. The van der Waals surface area contributed by atoms with Crippen molar-refractivity contribution in [2.24, 2.45) is 0 Å². The Balaban J connectivity index is 1.55. The standard InChI is InChI=1S/C24H21N3O6S3/c28-14(9-11-5-2-1-3-6-11)25-20-16(18(24(32)33)27-22(31)19(34)23(27)36-20)21-26-17-12(10-15(29)30)7-4-8-13(17)35-21/h1-3,5-6,12,20,23H,4,7-10H2,(H,25,28)(H,29,30)(H,32,33)/t12?,20?,23-/m0/s1. The predicted molar refractivity (Wildman–Crippen MR) is 138 cm³/mol. The fraction of sp³-hybridized carbons (Fsp3) is 0.333. The van der Waals surface area contributed by atoms with Gasteiger partial charge in [0.15, 0.2) is 0 Å². The summed E-state index contributed by atoms with van der Waals surface area (Å²) < 4.78 is 0. The summed E-state index contributed by atoms with van der Waals surface area (Å²) in [5, 5.41) is 21.3. The van der Waals surface area contributed by atoms with Crippen molar-refractivity contribution in [2.75, 3.05) is 0 Å². The van der Waals surface area contributed by atoms with Crippen LogP contribution in [0.2, 0.25) is 0 Å². The van der Waals surface area contributed by atoms with E-state index in [0.29, 0.717) is 23.5 Å². The molecule has 36 heavy (non-hydrogen) atoms. The van der Waals surface area contributed by atoms with Gasteiger partial charge in [-0.25, -0.2) is 9.78 Å². The van der Waals surface area contributed by atoms with Crippen molar-refractivity contribution < 1.29 is 29.4 Å². The summed E-state index contributed by atoms with van der Waals surface area (Å²) in [5.41, 5.74) is 1.45. The van der Waals surface area contributed by atoms with E-state index in [1.54, 1.807) is 0 Å². The van der Waals surface area contributed by atoms with Crippen molar-refractivity contribution in [3.05, 3.63) is 57.2 Å². The van der Waals surface area contributed by atoms with Crippen LogP contribution in [0.3, 0.4) is 0 Å². The molecule has 0 spiro atoms. The summed E-state index contributed by atoms with van der Waals surface area (Å²) >= 11 is 7.68. The van der Waals surface area contributed by atoms with Crippen LogP contribution in [0.15, 0.2) is 36.0 Å². The highest BCUT2D eigenvalue weighted by Crippen LogP contribution is 2.48. The molecule has 5 rings (SSSR count). The van der Waals surface area contributed by atoms with Crippen LogP contribution in [0.4, 0.5) is 0 Å². The predicted octanol–water partition coefficient (Wildman–Crippen LogP) is 2.80. The average molecular weight is 544 g/mol. The number of carboxylic acids is 2. The van der Waals surface area contributed by atoms with Gasteiger partial charge in [-0.15, -0.1) is 23.1 Å². The summed E-state index contributed by atoms with van der Waals surface area (Å²) in [7, 11) is 0. The molecule has 3 aliphatic rings. The Morgan fingerprint density at radius 3 is 2.64 bits per heavy atom. The normalized spacial score (nSPS) is 23.0. The fourth-order valence-electron chi connectivity index (χ4n) is 4.72. The van der Waals surface area contributed by atoms with Gasteiger partial charge in [0, 0.05) is 10.8 Å². The number of aryl methyl sites for hydroxylation is 1. The zero-order chi connectivity index (χ0) is 25.6. The minimum Gasteiger partial charge on any atom is -0.481 e. The van der Waals surface area contributed by atoms with E-state index in [1.807, 2.05) is 30.3 Å². The van der Waals surface area contributed by atoms with Crippen LogP contribution in [-0.2, 0) is 32.0 Å². The van der Waals surface area contributed by atoms with E-state index in [1.165, 1.54) is 23.1 Å². The topological polar surface area (TPSA) is 137 Å². The summed E-state index contributed by atoms with van der Waals surface area (Å²) in [5.74, 6) is -3.36. The number of fused-ring (bicyclic) bond motifs is 2. The van der Waals surface area contributed by atoms with E-state index in [-0.39, 0.29) is 40.8 Å². The molecule has 1 fully saturated rings. The van der Waals surface area contributed by atoms with Gasteiger partial charge in [-0.1, -0.05) is 42.5 Å². The van der Waals surface area contributed by atoms with Gasteiger partial charge in [0.25, 0.3) is 5.91 Å². The molecule has 1 aliphatic carbocycles. The number of β-lactam (4-membered cyclic amide) rings is 1. The van der Waals surface area contributed by atoms with E-state index >= 15 is 0 Å². The summed E-state index contributed by atoms with van der Waals surface area (Å²) in [6.07, 6.45) is 2.24. The smallest absolute Gasteiger partial charge is 0.353 e. The van der Waals surface area contributed by atoms with Crippen molar-refractivity contribution in [3.8, 4) is 0 Å². The number of rotatable bonds is 7. The van der Waals surface area contributed by atoms with E-state index in [9.17, 15) is 29.4 Å². The number of aromatic nitrogens is 1. The Kier molecular flexibility index (Phi) is 6.66. The molecule has 2 aliphatic heterocycles. The van der Waals surface area contributed by atoms with Crippen LogP contribution >= 0.6 is 35.3 Å². The summed E-state index contributed by atoms with van der Waals surface area (Å²) in [6.45, 7) is 0. The number of thiocarbonyl (C=S) groups is 1. The van der Waals surface area contributed by atoms with Gasteiger partial charge in [0.1, 0.15) is 26.3 Å². The Hall–Kier alpha value is -3.09. The molecule has 3 atom stereocenters. The molecule has 1 aromatic carbocycles. The first-order valence-electron chi connectivity index (χ1n) is 11.3. The molecule has 0 radical (unpaired) electrons. The van der Waals surface area contributed by atoms with Crippen LogP contribution in [0, 0.1) is 0 Å². The number of benzene rings is 1. The first kappa shape index (κ1) is 24.6. The Morgan fingerprint density at radius 1 is 1.19 bits per heavy atom. The zero-order valence-corrected chi connectivity index (χ0v) is 21.3. The van der Waals surface area contributed by atoms with E-state index in [0.717, 1.165) is 21.8 Å². The lowest BCUT2D eigenvalue weighted by Gasteiger charge is -2.46. The highest BCUT2D eigenvalue weighted by Gasteiger charge is 2.53. The molecule has 3 N–H and O–H groups in total. The second kappa shape index (κ2) is 9.75.